The van der Waals surface area contributed by atoms with Crippen molar-refractivity contribution in [3.63, 3.8) is 0 Å². The number of hydrogen-bond acceptors (Lipinski definition) is 6. The Hall–Kier alpha value is -2.36. The number of anilines is 1. The van der Waals surface area contributed by atoms with E-state index in [0.29, 0.717) is 21.7 Å². The van der Waals surface area contributed by atoms with Gasteiger partial charge in [0.2, 0.25) is 5.91 Å². The number of benzene rings is 2. The average Bonchev–Trinajstić information content (AvgIpc) is 3.02. The standard InChI is InChI=1S/C18H17ClN4O3S2/c1-23-16(12-28(25,26)15-5-3-2-4-6-15)21-22-18(23)27-11-17(24)20-14-9-7-13(19)8-10-14/h2-10H,11-12H2,1H3,(H,20,24). The van der Waals surface area contributed by atoms with Crippen molar-refractivity contribution in [2.24, 2.45) is 7.05 Å². The zero-order valence-corrected chi connectivity index (χ0v) is 17.3. The first kappa shape index (κ1) is 20.4. The highest BCUT2D eigenvalue weighted by Crippen LogP contribution is 2.20. The molecular weight excluding hydrogens is 420 g/mol. The molecule has 0 saturated carbocycles. The van der Waals surface area contributed by atoms with Crippen LogP contribution >= 0.6 is 23.4 Å². The van der Waals surface area contributed by atoms with Gasteiger partial charge in [-0.2, -0.15) is 0 Å². The van der Waals surface area contributed by atoms with Gasteiger partial charge in [0, 0.05) is 17.8 Å². The fourth-order valence-corrected chi connectivity index (χ4v) is 4.52. The summed E-state index contributed by atoms with van der Waals surface area (Å²) in [5.41, 5.74) is 0.641. The zero-order chi connectivity index (χ0) is 20.1. The first-order valence-corrected chi connectivity index (χ1v) is 11.2. The van der Waals surface area contributed by atoms with E-state index in [9.17, 15) is 13.2 Å². The maximum absolute atomic E-state index is 12.5. The summed E-state index contributed by atoms with van der Waals surface area (Å²) in [7, 11) is -1.84. The second kappa shape index (κ2) is 8.76. The molecule has 7 nitrogen and oxygen atoms in total. The van der Waals surface area contributed by atoms with Gasteiger partial charge in [-0.3, -0.25) is 4.79 Å². The van der Waals surface area contributed by atoms with Crippen LogP contribution in [0.15, 0.2) is 64.6 Å². The zero-order valence-electron chi connectivity index (χ0n) is 14.9. The number of sulfone groups is 1. The van der Waals surface area contributed by atoms with Gasteiger partial charge in [0.25, 0.3) is 0 Å². The molecule has 1 heterocycles. The fourth-order valence-electron chi connectivity index (χ4n) is 2.34. The minimum atomic E-state index is -3.52. The molecule has 3 aromatic rings. The number of hydrogen-bond donors (Lipinski definition) is 1. The lowest BCUT2D eigenvalue weighted by molar-refractivity contribution is -0.113. The number of amides is 1. The maximum atomic E-state index is 12.5. The highest BCUT2D eigenvalue weighted by atomic mass is 35.5. The van der Waals surface area contributed by atoms with E-state index in [1.807, 2.05) is 0 Å². The smallest absolute Gasteiger partial charge is 0.234 e. The quantitative estimate of drug-likeness (QED) is 0.571. The molecule has 1 amide bonds. The second-order valence-electron chi connectivity index (χ2n) is 5.87. The van der Waals surface area contributed by atoms with Crippen molar-refractivity contribution in [3.8, 4) is 0 Å². The summed E-state index contributed by atoms with van der Waals surface area (Å²) in [6.45, 7) is 0. The molecule has 0 radical (unpaired) electrons. The maximum Gasteiger partial charge on any atom is 0.234 e. The highest BCUT2D eigenvalue weighted by molar-refractivity contribution is 7.99. The number of halogens is 1. The van der Waals surface area contributed by atoms with Crippen LogP contribution < -0.4 is 5.32 Å². The van der Waals surface area contributed by atoms with E-state index in [2.05, 4.69) is 15.5 Å². The number of thioether (sulfide) groups is 1. The number of rotatable bonds is 7. The average molecular weight is 437 g/mol. The van der Waals surface area contributed by atoms with Crippen molar-refractivity contribution in [2.45, 2.75) is 15.8 Å². The Morgan fingerprint density at radius 1 is 1.11 bits per heavy atom. The second-order valence-corrected chi connectivity index (χ2v) is 9.24. The van der Waals surface area contributed by atoms with Crippen LogP contribution in [0.4, 0.5) is 5.69 Å². The van der Waals surface area contributed by atoms with E-state index >= 15 is 0 Å². The molecule has 0 aliphatic carbocycles. The molecule has 146 valence electrons. The predicted octanol–water partition coefficient (Wildman–Crippen LogP) is 3.17. The Labute approximate surface area is 172 Å². The Morgan fingerprint density at radius 3 is 2.46 bits per heavy atom. The summed E-state index contributed by atoms with van der Waals surface area (Å²) in [6.07, 6.45) is 0. The molecule has 0 spiro atoms. The molecule has 0 saturated heterocycles. The number of nitrogens with one attached hydrogen (secondary N) is 1. The fraction of sp³-hybridized carbons (Fsp3) is 0.167. The van der Waals surface area contributed by atoms with Crippen LogP contribution in [0.2, 0.25) is 5.02 Å². The molecule has 0 atom stereocenters. The monoisotopic (exact) mass is 436 g/mol. The van der Waals surface area contributed by atoms with Crippen molar-refractivity contribution < 1.29 is 13.2 Å². The predicted molar refractivity (Wildman–Crippen MR) is 109 cm³/mol. The van der Waals surface area contributed by atoms with Crippen LogP contribution in [0.25, 0.3) is 0 Å². The van der Waals surface area contributed by atoms with Crippen LogP contribution in [0.1, 0.15) is 5.82 Å². The normalized spacial score (nSPS) is 11.4. The van der Waals surface area contributed by atoms with E-state index < -0.39 is 9.84 Å². The summed E-state index contributed by atoms with van der Waals surface area (Å²) >= 11 is 6.99. The highest BCUT2D eigenvalue weighted by Gasteiger charge is 2.20. The molecule has 10 heteroatoms. The molecule has 2 aromatic carbocycles. The SMILES string of the molecule is Cn1c(CS(=O)(=O)c2ccccc2)nnc1SCC(=O)Nc1ccc(Cl)cc1. The van der Waals surface area contributed by atoms with Crippen molar-refractivity contribution >= 4 is 44.8 Å². The molecule has 1 aromatic heterocycles. The topological polar surface area (TPSA) is 93.9 Å². The molecule has 0 unspecified atom stereocenters. The third kappa shape index (κ3) is 5.12. The number of carbonyl (C=O) groups is 1. The van der Waals surface area contributed by atoms with Gasteiger partial charge in [-0.15, -0.1) is 10.2 Å². The molecule has 3 rings (SSSR count). The van der Waals surface area contributed by atoms with Gasteiger partial charge >= 0.3 is 0 Å². The lowest BCUT2D eigenvalue weighted by atomic mass is 10.3. The van der Waals surface area contributed by atoms with Crippen LogP contribution in [0.5, 0.6) is 0 Å². The van der Waals surface area contributed by atoms with Gasteiger partial charge in [-0.1, -0.05) is 41.6 Å². The molecule has 28 heavy (non-hydrogen) atoms. The van der Waals surface area contributed by atoms with E-state index in [4.69, 9.17) is 11.6 Å². The molecule has 0 aliphatic rings. The van der Waals surface area contributed by atoms with E-state index in [0.717, 1.165) is 0 Å². The molecular formula is C18H17ClN4O3S2. The lowest BCUT2D eigenvalue weighted by Crippen LogP contribution is -2.14. The summed E-state index contributed by atoms with van der Waals surface area (Å²) < 4.78 is 26.6. The van der Waals surface area contributed by atoms with E-state index in [-0.39, 0.29) is 22.3 Å². The summed E-state index contributed by atoms with van der Waals surface area (Å²) in [6, 6.07) is 15.0. The van der Waals surface area contributed by atoms with Crippen LogP contribution in [-0.2, 0) is 27.4 Å². The number of carbonyl (C=O) groups excluding carboxylic acids is 1. The van der Waals surface area contributed by atoms with Gasteiger partial charge in [0.15, 0.2) is 15.0 Å². The number of aromatic nitrogens is 3. The first-order chi connectivity index (χ1) is 13.3. The summed E-state index contributed by atoms with van der Waals surface area (Å²) in [5, 5.41) is 11.8. The van der Waals surface area contributed by atoms with Gasteiger partial charge < -0.3 is 9.88 Å². The van der Waals surface area contributed by atoms with Crippen LogP contribution in [0, 0.1) is 0 Å². The Morgan fingerprint density at radius 2 is 1.79 bits per heavy atom. The molecule has 0 fully saturated rings. The van der Waals surface area contributed by atoms with Gasteiger partial charge in [-0.05, 0) is 36.4 Å². The number of nitrogens with zero attached hydrogens (tertiary/aromatic N) is 3. The third-order valence-electron chi connectivity index (χ3n) is 3.81. The van der Waals surface area contributed by atoms with Crippen LogP contribution in [0.3, 0.4) is 0 Å². The lowest BCUT2D eigenvalue weighted by Gasteiger charge is -2.06. The molecule has 0 bridgehead atoms. The summed E-state index contributed by atoms with van der Waals surface area (Å²) in [5.74, 6) is -0.0591. The largest absolute Gasteiger partial charge is 0.325 e. The van der Waals surface area contributed by atoms with E-state index in [1.54, 1.807) is 66.2 Å². The first-order valence-electron chi connectivity index (χ1n) is 8.19. The Kier molecular flexibility index (Phi) is 6.38. The van der Waals surface area contributed by atoms with Crippen molar-refractivity contribution in [3.05, 3.63) is 65.4 Å². The molecule has 1 N–H and O–H groups in total. The molecule has 0 aliphatic heterocycles. The van der Waals surface area contributed by atoms with E-state index in [1.165, 1.54) is 11.8 Å². The summed E-state index contributed by atoms with van der Waals surface area (Å²) in [4.78, 5) is 12.3. The Bertz CT molecular complexity index is 1070. The minimum Gasteiger partial charge on any atom is -0.325 e. The van der Waals surface area contributed by atoms with Crippen molar-refractivity contribution in [1.29, 1.82) is 0 Å². The minimum absolute atomic E-state index is 0.111. The van der Waals surface area contributed by atoms with Gasteiger partial charge in [0.05, 0.1) is 10.6 Å². The van der Waals surface area contributed by atoms with Crippen molar-refractivity contribution in [2.75, 3.05) is 11.1 Å². The van der Waals surface area contributed by atoms with Crippen molar-refractivity contribution in [1.82, 2.24) is 14.8 Å². The van der Waals surface area contributed by atoms with Crippen LogP contribution in [-0.4, -0.2) is 34.8 Å². The Balaban J connectivity index is 1.61. The van der Waals surface area contributed by atoms with Gasteiger partial charge in [-0.25, -0.2) is 8.42 Å². The third-order valence-corrected chi connectivity index (χ3v) is 6.71. The van der Waals surface area contributed by atoms with Gasteiger partial charge in [0.1, 0.15) is 11.6 Å².